The molecule has 6 aromatic rings. The zero-order valence-electron chi connectivity index (χ0n) is 27.5. The van der Waals surface area contributed by atoms with Crippen molar-refractivity contribution >= 4 is 44.3 Å². The molecule has 2 heterocycles. The number of hydrogen-bond donors (Lipinski definition) is 1. The summed E-state index contributed by atoms with van der Waals surface area (Å²) in [7, 11) is 0. The van der Waals surface area contributed by atoms with Gasteiger partial charge in [0.2, 0.25) is 0 Å². The number of thiophene rings is 1. The number of amides is 1. The van der Waals surface area contributed by atoms with Crippen LogP contribution in [0.5, 0.6) is 0 Å². The first-order valence-electron chi connectivity index (χ1n) is 16.4. The van der Waals surface area contributed by atoms with E-state index < -0.39 is 5.97 Å². The van der Waals surface area contributed by atoms with Crippen molar-refractivity contribution in [3.8, 4) is 11.1 Å². The quantitative estimate of drug-likeness (QED) is 0.144. The summed E-state index contributed by atoms with van der Waals surface area (Å²) in [6.45, 7) is 10.5. The standard InChI is InChI=1S/C40H41N3O3S/c1-5-10-37-41-38-27(4)21-31(39(44)42(20-19-26(2)3)25-32-22-30-11-6-9-14-36(30)47-32)23-35(38)43(37)24-28-15-17-29(18-16-28)33-12-7-8-13-34(33)40(45)46/h6-9,11-18,21-23,26H,5,10,19-20,24-25H2,1-4H3,(H,45,46). The number of imidazole rings is 1. The molecule has 6 nitrogen and oxygen atoms in total. The van der Waals surface area contributed by atoms with Gasteiger partial charge in [-0.1, -0.05) is 81.4 Å². The van der Waals surface area contributed by atoms with E-state index in [1.165, 1.54) is 15.0 Å². The Hall–Kier alpha value is -4.75. The highest BCUT2D eigenvalue weighted by molar-refractivity contribution is 7.19. The Morgan fingerprint density at radius 2 is 1.70 bits per heavy atom. The summed E-state index contributed by atoms with van der Waals surface area (Å²) in [5.41, 5.74) is 6.49. The Morgan fingerprint density at radius 1 is 0.957 bits per heavy atom. The lowest BCUT2D eigenvalue weighted by Crippen LogP contribution is -2.32. The van der Waals surface area contributed by atoms with Gasteiger partial charge in [0.05, 0.1) is 23.1 Å². The van der Waals surface area contributed by atoms with Gasteiger partial charge in [-0.25, -0.2) is 9.78 Å². The van der Waals surface area contributed by atoms with Gasteiger partial charge in [-0.3, -0.25) is 4.79 Å². The van der Waals surface area contributed by atoms with Crippen molar-refractivity contribution in [2.75, 3.05) is 6.54 Å². The largest absolute Gasteiger partial charge is 0.478 e. The topological polar surface area (TPSA) is 75.4 Å². The first-order chi connectivity index (χ1) is 22.7. The van der Waals surface area contributed by atoms with Gasteiger partial charge in [-0.15, -0.1) is 11.3 Å². The number of nitrogens with zero attached hydrogens (tertiary/aromatic N) is 3. The Balaban J connectivity index is 1.34. The van der Waals surface area contributed by atoms with Crippen LogP contribution in [0.3, 0.4) is 0 Å². The molecular weight excluding hydrogens is 603 g/mol. The van der Waals surface area contributed by atoms with Gasteiger partial charge in [-0.05, 0) is 83.7 Å². The van der Waals surface area contributed by atoms with E-state index in [2.05, 4.69) is 67.8 Å². The molecule has 0 aliphatic rings. The molecule has 0 unspecified atom stereocenters. The molecule has 0 aliphatic carbocycles. The van der Waals surface area contributed by atoms with Crippen LogP contribution in [-0.2, 0) is 19.5 Å². The van der Waals surface area contributed by atoms with E-state index in [0.717, 1.165) is 52.8 Å². The molecule has 1 amide bonds. The van der Waals surface area contributed by atoms with Crippen molar-refractivity contribution in [2.45, 2.75) is 60.0 Å². The second-order valence-electron chi connectivity index (χ2n) is 12.7. The van der Waals surface area contributed by atoms with Crippen molar-refractivity contribution in [1.29, 1.82) is 0 Å². The average Bonchev–Trinajstić information content (AvgIpc) is 3.64. The number of aryl methyl sites for hydroxylation is 2. The van der Waals surface area contributed by atoms with Crippen molar-refractivity contribution in [3.05, 3.63) is 124 Å². The van der Waals surface area contributed by atoms with Crippen LogP contribution in [0.4, 0.5) is 0 Å². The minimum Gasteiger partial charge on any atom is -0.478 e. The molecule has 0 saturated carbocycles. The number of fused-ring (bicyclic) bond motifs is 2. The van der Waals surface area contributed by atoms with Gasteiger partial charge in [0.25, 0.3) is 5.91 Å². The SMILES string of the molecule is CCCc1nc2c(C)cc(C(=O)N(CCC(C)C)Cc3cc4ccccc4s3)cc2n1Cc1ccc(-c2ccccc2C(=O)O)cc1. The third kappa shape index (κ3) is 7.00. The Bertz CT molecular complexity index is 2020. The summed E-state index contributed by atoms with van der Waals surface area (Å²) in [6, 6.07) is 29.8. The number of aromatic nitrogens is 2. The van der Waals surface area contributed by atoms with Crippen molar-refractivity contribution in [2.24, 2.45) is 5.92 Å². The Labute approximate surface area is 280 Å². The van der Waals surface area contributed by atoms with E-state index in [9.17, 15) is 14.7 Å². The van der Waals surface area contributed by atoms with E-state index in [-0.39, 0.29) is 11.5 Å². The summed E-state index contributed by atoms with van der Waals surface area (Å²) in [6.07, 6.45) is 2.72. The number of carboxylic acid groups (broad SMARTS) is 1. The monoisotopic (exact) mass is 643 g/mol. The lowest BCUT2D eigenvalue weighted by atomic mass is 9.98. The molecule has 1 N–H and O–H groups in total. The minimum atomic E-state index is -0.939. The van der Waals surface area contributed by atoms with Gasteiger partial charge in [-0.2, -0.15) is 0 Å². The number of hydrogen-bond acceptors (Lipinski definition) is 4. The fourth-order valence-corrected chi connectivity index (χ4v) is 7.28. The molecule has 2 aromatic heterocycles. The summed E-state index contributed by atoms with van der Waals surface area (Å²) in [4.78, 5) is 34.3. The zero-order valence-corrected chi connectivity index (χ0v) is 28.3. The molecule has 4 aromatic carbocycles. The lowest BCUT2D eigenvalue weighted by Gasteiger charge is -2.23. The molecular formula is C40H41N3O3S. The van der Waals surface area contributed by atoms with E-state index in [0.29, 0.717) is 36.7 Å². The maximum absolute atomic E-state index is 14.3. The summed E-state index contributed by atoms with van der Waals surface area (Å²) < 4.78 is 3.48. The first-order valence-corrected chi connectivity index (χ1v) is 17.2. The third-order valence-electron chi connectivity index (χ3n) is 8.69. The van der Waals surface area contributed by atoms with Gasteiger partial charge >= 0.3 is 5.97 Å². The predicted molar refractivity (Wildman–Crippen MR) is 192 cm³/mol. The smallest absolute Gasteiger partial charge is 0.336 e. The predicted octanol–water partition coefficient (Wildman–Crippen LogP) is 9.61. The van der Waals surface area contributed by atoms with Crippen LogP contribution >= 0.6 is 11.3 Å². The van der Waals surface area contributed by atoms with Gasteiger partial charge in [0, 0.05) is 34.7 Å². The van der Waals surface area contributed by atoms with Crippen LogP contribution in [0.15, 0.2) is 91.0 Å². The summed E-state index contributed by atoms with van der Waals surface area (Å²) >= 11 is 1.76. The zero-order chi connectivity index (χ0) is 33.1. The van der Waals surface area contributed by atoms with Crippen LogP contribution < -0.4 is 0 Å². The second-order valence-corrected chi connectivity index (χ2v) is 13.9. The van der Waals surface area contributed by atoms with Crippen LogP contribution in [0.2, 0.25) is 0 Å². The number of aromatic carboxylic acids is 1. The molecule has 6 rings (SSSR count). The van der Waals surface area contributed by atoms with Crippen LogP contribution in [0, 0.1) is 12.8 Å². The Morgan fingerprint density at radius 3 is 2.43 bits per heavy atom. The van der Waals surface area contributed by atoms with E-state index >= 15 is 0 Å². The molecule has 0 bridgehead atoms. The fraction of sp³-hybridized carbons (Fsp3) is 0.275. The molecule has 0 spiro atoms. The number of carboxylic acids is 1. The number of benzene rings is 4. The number of rotatable bonds is 12. The van der Waals surface area contributed by atoms with Gasteiger partial charge in [0.15, 0.2) is 0 Å². The molecule has 0 aliphatic heterocycles. The van der Waals surface area contributed by atoms with E-state index in [4.69, 9.17) is 4.98 Å². The lowest BCUT2D eigenvalue weighted by molar-refractivity contribution is 0.0695. The fourth-order valence-electron chi connectivity index (χ4n) is 6.20. The summed E-state index contributed by atoms with van der Waals surface area (Å²) in [5, 5.41) is 10.9. The highest BCUT2D eigenvalue weighted by Gasteiger charge is 2.22. The molecule has 0 fully saturated rings. The molecule has 0 radical (unpaired) electrons. The second kappa shape index (κ2) is 13.9. The van der Waals surface area contributed by atoms with E-state index in [1.54, 1.807) is 23.5 Å². The van der Waals surface area contributed by atoms with Crippen molar-refractivity contribution in [3.63, 3.8) is 0 Å². The minimum absolute atomic E-state index is 0.0411. The average molecular weight is 644 g/mol. The first kappa shape index (κ1) is 32.2. The van der Waals surface area contributed by atoms with Gasteiger partial charge in [0.1, 0.15) is 5.82 Å². The van der Waals surface area contributed by atoms with E-state index in [1.807, 2.05) is 48.2 Å². The van der Waals surface area contributed by atoms with Gasteiger partial charge < -0.3 is 14.6 Å². The van der Waals surface area contributed by atoms with Crippen molar-refractivity contribution < 1.29 is 14.7 Å². The Kier molecular flexibility index (Phi) is 9.55. The summed E-state index contributed by atoms with van der Waals surface area (Å²) in [5.74, 6) is 0.585. The molecule has 47 heavy (non-hydrogen) atoms. The number of carbonyl (C=O) groups excluding carboxylic acids is 1. The van der Waals surface area contributed by atoms with Crippen LogP contribution in [0.1, 0.15) is 76.2 Å². The molecule has 240 valence electrons. The highest BCUT2D eigenvalue weighted by Crippen LogP contribution is 2.30. The maximum Gasteiger partial charge on any atom is 0.336 e. The normalized spacial score (nSPS) is 11.5. The molecule has 0 atom stereocenters. The van der Waals surface area contributed by atoms with Crippen LogP contribution in [0.25, 0.3) is 32.2 Å². The molecule has 7 heteroatoms. The number of carbonyl (C=O) groups is 2. The van der Waals surface area contributed by atoms with Crippen LogP contribution in [-0.4, -0.2) is 38.0 Å². The third-order valence-corrected chi connectivity index (χ3v) is 9.79. The maximum atomic E-state index is 14.3. The molecule has 0 saturated heterocycles. The highest BCUT2D eigenvalue weighted by atomic mass is 32.1. The van der Waals surface area contributed by atoms with Crippen molar-refractivity contribution in [1.82, 2.24) is 14.5 Å².